The van der Waals surface area contributed by atoms with E-state index in [-0.39, 0.29) is 16.5 Å². The van der Waals surface area contributed by atoms with Gasteiger partial charge < -0.3 is 5.21 Å². The van der Waals surface area contributed by atoms with Crippen LogP contribution in [0.5, 0.6) is 0 Å². The molecule has 1 aromatic heterocycles. The van der Waals surface area contributed by atoms with Crippen LogP contribution in [-0.4, -0.2) is 30.8 Å². The van der Waals surface area contributed by atoms with Crippen molar-refractivity contribution in [3.05, 3.63) is 126 Å². The fraction of sp³-hybridized carbons (Fsp3) is 0.0800. The van der Waals surface area contributed by atoms with Gasteiger partial charge >= 0.3 is 0 Å². The third-order valence-electron chi connectivity index (χ3n) is 5.77. The van der Waals surface area contributed by atoms with Crippen LogP contribution in [0.4, 0.5) is 0 Å². The molecule has 0 fully saturated rings. The number of nitrogens with zero attached hydrogens (tertiary/aromatic N) is 4. The van der Waals surface area contributed by atoms with Gasteiger partial charge in [-0.3, -0.25) is 5.21 Å². The summed E-state index contributed by atoms with van der Waals surface area (Å²) >= 11 is 0. The molecule has 0 spiro atoms. The lowest BCUT2D eigenvalue weighted by atomic mass is 9.71. The molecule has 1 N–H and O–H groups in total. The molecular formula is C25H20N4O2. The minimum atomic E-state index is -0.764. The standard InChI is InChI=1S/C25H20N4O2/c30-29(31)22-17-15-21(16-18-22)25(19-9-3-1-4-10-19,20-11-5-2-6-12-20)28-24-14-8-7-13-23(24)26-27-28/h1-18,21H,(H,30,31). The molecule has 4 aromatic rings. The van der Waals surface area contributed by atoms with E-state index in [1.165, 1.54) is 0 Å². The smallest absolute Gasteiger partial charge is 0.267 e. The zero-order valence-corrected chi connectivity index (χ0v) is 16.6. The SMILES string of the molecule is [O-][N+](O)=C1C=CC(C(c2ccccc2)(c2ccccc2)n2nnc3ccccc32)C=C1. The second kappa shape index (κ2) is 7.57. The summed E-state index contributed by atoms with van der Waals surface area (Å²) in [6.07, 6.45) is 7.12. The van der Waals surface area contributed by atoms with Crippen LogP contribution in [0, 0.1) is 11.1 Å². The summed E-state index contributed by atoms with van der Waals surface area (Å²) in [7, 11) is 0. The summed E-state index contributed by atoms with van der Waals surface area (Å²) < 4.78 is 1.96. The highest BCUT2D eigenvalue weighted by molar-refractivity contribution is 6.01. The molecule has 0 amide bonds. The first kappa shape index (κ1) is 18.8. The Balaban J connectivity index is 1.87. The van der Waals surface area contributed by atoms with Gasteiger partial charge in [0.25, 0.3) is 5.71 Å². The largest absolute Gasteiger partial charge is 0.417 e. The number of fused-ring (bicyclic) bond motifs is 1. The van der Waals surface area contributed by atoms with E-state index in [2.05, 4.69) is 34.6 Å². The fourth-order valence-corrected chi connectivity index (χ4v) is 4.38. The van der Waals surface area contributed by atoms with Gasteiger partial charge in [0.2, 0.25) is 0 Å². The van der Waals surface area contributed by atoms with Crippen LogP contribution >= 0.6 is 0 Å². The Morgan fingerprint density at radius 3 is 1.94 bits per heavy atom. The molecule has 6 heteroatoms. The summed E-state index contributed by atoms with van der Waals surface area (Å²) in [5.41, 5.74) is 3.18. The van der Waals surface area contributed by atoms with E-state index in [4.69, 9.17) is 0 Å². The molecule has 5 rings (SSSR count). The van der Waals surface area contributed by atoms with E-state index in [1.54, 1.807) is 12.2 Å². The summed E-state index contributed by atoms with van der Waals surface area (Å²) in [6, 6.07) is 28.2. The quantitative estimate of drug-likeness (QED) is 0.310. The zero-order chi connectivity index (χ0) is 21.3. The molecule has 0 saturated carbocycles. The average molecular weight is 408 g/mol. The molecule has 3 aromatic carbocycles. The van der Waals surface area contributed by atoms with Crippen molar-refractivity contribution >= 4 is 16.7 Å². The van der Waals surface area contributed by atoms with E-state index in [1.807, 2.05) is 77.5 Å². The predicted octanol–water partition coefficient (Wildman–Crippen LogP) is 4.31. The first-order chi connectivity index (χ1) is 15.2. The Morgan fingerprint density at radius 2 is 1.35 bits per heavy atom. The summed E-state index contributed by atoms with van der Waals surface area (Å²) in [5, 5.41) is 29.8. The molecule has 0 radical (unpaired) electrons. The number of allylic oxidation sites excluding steroid dienone is 4. The van der Waals surface area contributed by atoms with Crippen molar-refractivity contribution in [2.45, 2.75) is 5.54 Å². The van der Waals surface area contributed by atoms with E-state index in [9.17, 15) is 10.4 Å². The van der Waals surface area contributed by atoms with Gasteiger partial charge in [0, 0.05) is 23.0 Å². The fourth-order valence-electron chi connectivity index (χ4n) is 4.38. The van der Waals surface area contributed by atoms with Crippen molar-refractivity contribution < 1.29 is 10.1 Å². The van der Waals surface area contributed by atoms with Crippen LogP contribution in [0.2, 0.25) is 0 Å². The molecule has 0 unspecified atom stereocenters. The maximum Gasteiger partial charge on any atom is 0.267 e. The minimum absolute atomic E-state index is 0.124. The maximum absolute atomic E-state index is 11.4. The van der Waals surface area contributed by atoms with Gasteiger partial charge in [0.05, 0.1) is 5.52 Å². The number of rotatable bonds is 4. The first-order valence-electron chi connectivity index (χ1n) is 10.0. The molecule has 0 aliphatic heterocycles. The van der Waals surface area contributed by atoms with Gasteiger partial charge in [-0.15, -0.1) is 5.10 Å². The average Bonchev–Trinajstić information content (AvgIpc) is 3.26. The van der Waals surface area contributed by atoms with Crippen molar-refractivity contribution in [1.29, 1.82) is 0 Å². The van der Waals surface area contributed by atoms with E-state index in [0.717, 1.165) is 22.2 Å². The molecule has 152 valence electrons. The predicted molar refractivity (Wildman–Crippen MR) is 119 cm³/mol. The molecule has 6 nitrogen and oxygen atoms in total. The Kier molecular flexibility index (Phi) is 4.59. The third kappa shape index (κ3) is 3.00. The van der Waals surface area contributed by atoms with Crippen LogP contribution in [-0.2, 0) is 5.54 Å². The molecular weight excluding hydrogens is 388 g/mol. The Morgan fingerprint density at radius 1 is 0.806 bits per heavy atom. The van der Waals surface area contributed by atoms with Crippen molar-refractivity contribution in [3.8, 4) is 0 Å². The van der Waals surface area contributed by atoms with Crippen LogP contribution in [0.25, 0.3) is 11.0 Å². The second-order valence-electron chi connectivity index (χ2n) is 7.43. The maximum atomic E-state index is 11.4. The minimum Gasteiger partial charge on any atom is -0.417 e. The molecule has 1 aliphatic rings. The number of hydrogen-bond donors (Lipinski definition) is 1. The Bertz CT molecular complexity index is 1250. The van der Waals surface area contributed by atoms with E-state index < -0.39 is 5.54 Å². The van der Waals surface area contributed by atoms with Gasteiger partial charge in [-0.05, 0) is 23.3 Å². The van der Waals surface area contributed by atoms with Crippen molar-refractivity contribution in [1.82, 2.24) is 15.0 Å². The monoisotopic (exact) mass is 408 g/mol. The Hall–Kier alpha value is -4.19. The van der Waals surface area contributed by atoms with Crippen LogP contribution < -0.4 is 0 Å². The molecule has 0 bridgehead atoms. The van der Waals surface area contributed by atoms with Gasteiger partial charge in [0.1, 0.15) is 11.1 Å². The molecule has 0 saturated heterocycles. The molecule has 0 atom stereocenters. The van der Waals surface area contributed by atoms with Gasteiger partial charge in [-0.1, -0.05) is 90.2 Å². The van der Waals surface area contributed by atoms with Crippen molar-refractivity contribution in [2.24, 2.45) is 5.92 Å². The normalized spacial score (nSPS) is 16.0. The number of aromatic nitrogens is 3. The second-order valence-corrected chi connectivity index (χ2v) is 7.43. The summed E-state index contributed by atoms with van der Waals surface area (Å²) in [6.45, 7) is 0. The highest BCUT2D eigenvalue weighted by atomic mass is 16.8. The van der Waals surface area contributed by atoms with Gasteiger partial charge in [0.15, 0.2) is 0 Å². The highest BCUT2D eigenvalue weighted by Gasteiger charge is 2.44. The van der Waals surface area contributed by atoms with E-state index in [0.29, 0.717) is 0 Å². The van der Waals surface area contributed by atoms with Crippen molar-refractivity contribution in [2.75, 3.05) is 0 Å². The lowest BCUT2D eigenvalue weighted by molar-refractivity contribution is -0.725. The van der Waals surface area contributed by atoms with Gasteiger partial charge in [-0.25, -0.2) is 4.68 Å². The number of hydrogen-bond acceptors (Lipinski definition) is 4. The van der Waals surface area contributed by atoms with E-state index >= 15 is 0 Å². The molecule has 1 aliphatic carbocycles. The van der Waals surface area contributed by atoms with Crippen LogP contribution in [0.3, 0.4) is 0 Å². The lowest BCUT2D eigenvalue weighted by Gasteiger charge is -2.40. The summed E-state index contributed by atoms with van der Waals surface area (Å²) in [5.74, 6) is -0.203. The zero-order valence-electron chi connectivity index (χ0n) is 16.6. The topological polar surface area (TPSA) is 77.0 Å². The van der Waals surface area contributed by atoms with Gasteiger partial charge in [-0.2, -0.15) is 0 Å². The van der Waals surface area contributed by atoms with Crippen molar-refractivity contribution in [3.63, 3.8) is 0 Å². The molecule has 31 heavy (non-hydrogen) atoms. The number of para-hydroxylation sites is 1. The summed E-state index contributed by atoms with van der Waals surface area (Å²) in [4.78, 5) is -0.124. The Labute approximate surface area is 179 Å². The van der Waals surface area contributed by atoms with Crippen LogP contribution in [0.15, 0.2) is 109 Å². The number of benzene rings is 3. The lowest BCUT2D eigenvalue weighted by Crippen LogP contribution is -2.43. The molecule has 1 heterocycles. The third-order valence-corrected chi connectivity index (χ3v) is 5.77. The first-order valence-corrected chi connectivity index (χ1v) is 10.0. The highest BCUT2D eigenvalue weighted by Crippen LogP contribution is 2.44. The van der Waals surface area contributed by atoms with Crippen LogP contribution in [0.1, 0.15) is 11.1 Å².